The summed E-state index contributed by atoms with van der Waals surface area (Å²) in [6, 6.07) is 73.7. The van der Waals surface area contributed by atoms with E-state index in [-0.39, 0.29) is 0 Å². The third-order valence-corrected chi connectivity index (χ3v) is 11.2. The van der Waals surface area contributed by atoms with Crippen LogP contribution in [0.5, 0.6) is 0 Å². The molecule has 9 aromatic rings. The average Bonchev–Trinajstić information content (AvgIpc) is 3.62. The molecule has 3 nitrogen and oxygen atoms in total. The number of aromatic nitrogens is 1. The second kappa shape index (κ2) is 18.1. The van der Waals surface area contributed by atoms with Crippen molar-refractivity contribution < 1.29 is 0 Å². The van der Waals surface area contributed by atoms with E-state index in [1.807, 2.05) is 0 Å². The topological polar surface area (TPSA) is 11.4 Å². The molecule has 0 fully saturated rings. The molecule has 8 aromatic carbocycles. The van der Waals surface area contributed by atoms with Gasteiger partial charge in [0.15, 0.2) is 0 Å². The number of rotatable bonds is 14. The SMILES string of the molecule is CCCCCn1c2cc(/C=C/c3ccc(N(c4ccccc4)c4ccccc4)cc3)ccc2c2ccc(/C=C/c3ccc(N(c4ccccc4)c4ccccc4)cc3)cc21. The Balaban J connectivity index is 0.971. The van der Waals surface area contributed by atoms with E-state index in [9.17, 15) is 0 Å². The molecule has 292 valence electrons. The van der Waals surface area contributed by atoms with Crippen LogP contribution in [0.1, 0.15) is 48.4 Å². The molecule has 0 amide bonds. The van der Waals surface area contributed by atoms with E-state index in [2.05, 4.69) is 252 Å². The maximum atomic E-state index is 2.54. The Morgan fingerprint density at radius 2 is 0.667 bits per heavy atom. The van der Waals surface area contributed by atoms with Gasteiger partial charge in [-0.3, -0.25) is 0 Å². The first-order chi connectivity index (χ1) is 29.7. The number of hydrogen-bond acceptors (Lipinski definition) is 2. The average molecular weight is 776 g/mol. The van der Waals surface area contributed by atoms with E-state index in [4.69, 9.17) is 0 Å². The second-order valence-corrected chi connectivity index (χ2v) is 15.3. The van der Waals surface area contributed by atoms with Crippen LogP contribution in [-0.2, 0) is 6.54 Å². The highest BCUT2D eigenvalue weighted by molar-refractivity contribution is 6.09. The zero-order valence-corrected chi connectivity index (χ0v) is 34.1. The lowest BCUT2D eigenvalue weighted by Gasteiger charge is -2.25. The lowest BCUT2D eigenvalue weighted by Crippen LogP contribution is -2.09. The highest BCUT2D eigenvalue weighted by Crippen LogP contribution is 2.37. The van der Waals surface area contributed by atoms with Gasteiger partial charge in [0.2, 0.25) is 0 Å². The van der Waals surface area contributed by atoms with Gasteiger partial charge >= 0.3 is 0 Å². The largest absolute Gasteiger partial charge is 0.340 e. The lowest BCUT2D eigenvalue weighted by molar-refractivity contribution is 0.627. The molecule has 0 saturated heterocycles. The standard InChI is InChI=1S/C57H49N3/c1-2-3-16-41-58-56-42-46(27-25-44-29-35-52(36-30-44)59(48-17-8-4-9-18-48)49-19-10-5-11-20-49)33-39-54(56)55-40-34-47(43-57(55)58)28-26-45-31-37-53(38-32-45)60(50-21-12-6-13-22-50)51-23-14-7-15-24-51/h4-15,17-40,42-43H,2-3,16,41H2,1H3/b27-25+,28-26+. The van der Waals surface area contributed by atoms with Crippen LogP contribution in [-0.4, -0.2) is 4.57 Å². The smallest absolute Gasteiger partial charge is 0.0497 e. The molecule has 1 heterocycles. The fraction of sp³-hybridized carbons (Fsp3) is 0.0877. The summed E-state index contributed by atoms with van der Waals surface area (Å²) in [6.45, 7) is 3.27. The monoisotopic (exact) mass is 775 g/mol. The predicted molar refractivity (Wildman–Crippen MR) is 259 cm³/mol. The van der Waals surface area contributed by atoms with E-state index in [0.29, 0.717) is 0 Å². The molecule has 0 spiro atoms. The van der Waals surface area contributed by atoms with E-state index < -0.39 is 0 Å². The number of nitrogens with zero attached hydrogens (tertiary/aromatic N) is 3. The van der Waals surface area contributed by atoms with Crippen LogP contribution < -0.4 is 9.80 Å². The van der Waals surface area contributed by atoms with Crippen LogP contribution in [0.3, 0.4) is 0 Å². The highest BCUT2D eigenvalue weighted by Gasteiger charge is 2.14. The number of hydrogen-bond donors (Lipinski definition) is 0. The number of anilines is 6. The Morgan fingerprint density at radius 1 is 0.350 bits per heavy atom. The Labute approximate surface area is 354 Å². The van der Waals surface area contributed by atoms with E-state index in [1.165, 1.54) is 56.9 Å². The maximum Gasteiger partial charge on any atom is 0.0497 e. The van der Waals surface area contributed by atoms with Crippen molar-refractivity contribution in [2.24, 2.45) is 0 Å². The molecular weight excluding hydrogens is 727 g/mol. The van der Waals surface area contributed by atoms with Gasteiger partial charge in [-0.25, -0.2) is 0 Å². The first-order valence-electron chi connectivity index (χ1n) is 21.1. The molecule has 0 aliphatic heterocycles. The summed E-state index contributed by atoms with van der Waals surface area (Å²) in [4.78, 5) is 4.59. The lowest BCUT2D eigenvalue weighted by atomic mass is 10.1. The van der Waals surface area contributed by atoms with Crippen molar-refractivity contribution in [3.05, 3.63) is 229 Å². The van der Waals surface area contributed by atoms with Crippen molar-refractivity contribution in [2.45, 2.75) is 32.7 Å². The summed E-state index contributed by atoms with van der Waals surface area (Å²) in [7, 11) is 0. The highest BCUT2D eigenvalue weighted by atomic mass is 15.1. The van der Waals surface area contributed by atoms with E-state index in [1.54, 1.807) is 0 Å². The Hall–Kier alpha value is -7.36. The fourth-order valence-corrected chi connectivity index (χ4v) is 8.15. The molecular formula is C57H49N3. The molecule has 0 aliphatic rings. The summed E-state index contributed by atoms with van der Waals surface area (Å²) in [5, 5.41) is 2.61. The predicted octanol–water partition coefficient (Wildman–Crippen LogP) is 16.3. The molecule has 0 radical (unpaired) electrons. The summed E-state index contributed by atoms with van der Waals surface area (Å²) in [6.07, 6.45) is 12.5. The van der Waals surface area contributed by atoms with Crippen molar-refractivity contribution in [3.63, 3.8) is 0 Å². The summed E-state index contributed by atoms with van der Waals surface area (Å²) in [5.41, 5.74) is 14.1. The van der Waals surface area contributed by atoms with Gasteiger partial charge in [0, 0.05) is 62.5 Å². The van der Waals surface area contributed by atoms with Crippen molar-refractivity contribution in [2.75, 3.05) is 9.80 Å². The Kier molecular flexibility index (Phi) is 11.5. The van der Waals surface area contributed by atoms with Crippen LogP contribution in [0.4, 0.5) is 34.1 Å². The summed E-state index contributed by atoms with van der Waals surface area (Å²) < 4.78 is 2.54. The summed E-state index contributed by atoms with van der Waals surface area (Å²) in [5.74, 6) is 0. The number of aryl methyl sites for hydroxylation is 1. The molecule has 0 saturated carbocycles. The van der Waals surface area contributed by atoms with Gasteiger partial charge in [-0.05, 0) is 114 Å². The van der Waals surface area contributed by atoms with Crippen molar-refractivity contribution in [1.29, 1.82) is 0 Å². The Bertz CT molecular complexity index is 2570. The molecule has 1 aromatic heterocycles. The maximum absolute atomic E-state index is 2.54. The minimum atomic E-state index is 0.996. The van der Waals surface area contributed by atoms with Crippen molar-refractivity contribution >= 4 is 80.2 Å². The van der Waals surface area contributed by atoms with Gasteiger partial charge in [0.25, 0.3) is 0 Å². The molecule has 3 heteroatoms. The minimum absolute atomic E-state index is 0.996. The van der Waals surface area contributed by atoms with E-state index >= 15 is 0 Å². The quantitative estimate of drug-likeness (QED) is 0.0805. The summed E-state index contributed by atoms with van der Waals surface area (Å²) >= 11 is 0. The van der Waals surface area contributed by atoms with Gasteiger partial charge < -0.3 is 14.4 Å². The number of fused-ring (bicyclic) bond motifs is 3. The first-order valence-corrected chi connectivity index (χ1v) is 21.1. The van der Waals surface area contributed by atoms with Crippen LogP contribution >= 0.6 is 0 Å². The van der Waals surface area contributed by atoms with Crippen LogP contribution in [0.15, 0.2) is 206 Å². The molecule has 0 bridgehead atoms. The number of unbranched alkanes of at least 4 members (excludes halogenated alkanes) is 2. The molecule has 60 heavy (non-hydrogen) atoms. The molecule has 0 unspecified atom stereocenters. The number of benzene rings is 8. The third-order valence-electron chi connectivity index (χ3n) is 11.2. The van der Waals surface area contributed by atoms with Gasteiger partial charge in [-0.1, -0.05) is 165 Å². The first kappa shape index (κ1) is 38.2. The molecule has 0 atom stereocenters. The minimum Gasteiger partial charge on any atom is -0.340 e. The van der Waals surface area contributed by atoms with Gasteiger partial charge in [0.05, 0.1) is 0 Å². The zero-order valence-electron chi connectivity index (χ0n) is 34.1. The van der Waals surface area contributed by atoms with Crippen molar-refractivity contribution in [3.8, 4) is 0 Å². The molecule has 0 N–H and O–H groups in total. The number of para-hydroxylation sites is 4. The Morgan fingerprint density at radius 3 is 1.02 bits per heavy atom. The fourth-order valence-electron chi connectivity index (χ4n) is 8.15. The molecule has 9 rings (SSSR count). The normalized spacial score (nSPS) is 11.6. The molecule has 0 aliphatic carbocycles. The van der Waals surface area contributed by atoms with Crippen LogP contribution in [0.2, 0.25) is 0 Å². The van der Waals surface area contributed by atoms with Crippen LogP contribution in [0, 0.1) is 0 Å². The second-order valence-electron chi connectivity index (χ2n) is 15.3. The third kappa shape index (κ3) is 8.43. The van der Waals surface area contributed by atoms with E-state index in [0.717, 1.165) is 47.1 Å². The van der Waals surface area contributed by atoms with Crippen molar-refractivity contribution in [1.82, 2.24) is 4.57 Å². The van der Waals surface area contributed by atoms with Gasteiger partial charge in [-0.15, -0.1) is 0 Å². The van der Waals surface area contributed by atoms with Gasteiger partial charge in [0.1, 0.15) is 0 Å². The zero-order chi connectivity index (χ0) is 40.5. The van der Waals surface area contributed by atoms with Gasteiger partial charge in [-0.2, -0.15) is 0 Å². The van der Waals surface area contributed by atoms with Crippen LogP contribution in [0.25, 0.3) is 46.1 Å².